The number of hydrogen-bond donors (Lipinski definition) is 0. The minimum atomic E-state index is 0.456. The Bertz CT molecular complexity index is 838. The first-order chi connectivity index (χ1) is 9.66. The Balaban J connectivity index is 2.20. The first-order valence-electron chi connectivity index (χ1n) is 6.91. The molecule has 1 aliphatic rings. The van der Waals surface area contributed by atoms with Gasteiger partial charge in [-0.05, 0) is 36.3 Å². The van der Waals surface area contributed by atoms with Crippen molar-refractivity contribution < 1.29 is 0 Å². The van der Waals surface area contributed by atoms with Crippen LogP contribution in [0.15, 0.2) is 6.33 Å². The number of halogens is 1. The van der Waals surface area contributed by atoms with E-state index in [0.29, 0.717) is 11.1 Å². The molecule has 0 spiro atoms. The lowest BCUT2D eigenvalue weighted by Crippen LogP contribution is -2.00. The second-order valence-corrected chi connectivity index (χ2v) is 6.94. The highest BCUT2D eigenvalue weighted by molar-refractivity contribution is 7.26. The SMILES string of the molecule is CC(C)c1nc2sc3c(Cl)ncnc3c2c2c1CCC2. The van der Waals surface area contributed by atoms with E-state index in [-0.39, 0.29) is 0 Å². The standard InChI is InChI=1S/C15H14ClN3S/c1-7(2)11-9-5-3-4-8(9)10-12-13(20-15(10)19-11)14(16)18-6-17-12/h6-7H,3-5H2,1-2H3. The Kier molecular flexibility index (Phi) is 2.72. The summed E-state index contributed by atoms with van der Waals surface area (Å²) in [6.07, 6.45) is 5.03. The maximum atomic E-state index is 6.21. The van der Waals surface area contributed by atoms with E-state index in [1.807, 2.05) is 0 Å². The van der Waals surface area contributed by atoms with Gasteiger partial charge in [0, 0.05) is 11.1 Å². The summed E-state index contributed by atoms with van der Waals surface area (Å²) in [5.74, 6) is 0.456. The molecule has 3 aromatic heterocycles. The lowest BCUT2D eigenvalue weighted by molar-refractivity contribution is 0.805. The number of aryl methyl sites for hydroxylation is 1. The highest BCUT2D eigenvalue weighted by Gasteiger charge is 2.24. The number of aromatic nitrogens is 3. The molecule has 0 radical (unpaired) electrons. The molecule has 1 aliphatic carbocycles. The third-order valence-electron chi connectivity index (χ3n) is 4.01. The Hall–Kier alpha value is -1.26. The van der Waals surface area contributed by atoms with Crippen molar-refractivity contribution in [2.45, 2.75) is 39.0 Å². The summed E-state index contributed by atoms with van der Waals surface area (Å²) in [5, 5.41) is 1.75. The molecular weight excluding hydrogens is 290 g/mol. The third kappa shape index (κ3) is 1.61. The average Bonchev–Trinajstić information content (AvgIpc) is 3.00. The normalized spacial score (nSPS) is 14.6. The second kappa shape index (κ2) is 4.37. The zero-order valence-corrected chi connectivity index (χ0v) is 13.0. The van der Waals surface area contributed by atoms with Crippen molar-refractivity contribution in [3.05, 3.63) is 28.3 Å². The van der Waals surface area contributed by atoms with Gasteiger partial charge in [0.25, 0.3) is 0 Å². The van der Waals surface area contributed by atoms with E-state index in [2.05, 4.69) is 23.8 Å². The van der Waals surface area contributed by atoms with E-state index in [0.717, 1.165) is 27.9 Å². The number of rotatable bonds is 1. The van der Waals surface area contributed by atoms with Crippen LogP contribution in [0.4, 0.5) is 0 Å². The molecule has 0 bridgehead atoms. The molecule has 4 rings (SSSR count). The van der Waals surface area contributed by atoms with Crippen molar-refractivity contribution in [2.75, 3.05) is 0 Å². The summed E-state index contributed by atoms with van der Waals surface area (Å²) in [5.41, 5.74) is 5.12. The maximum Gasteiger partial charge on any atom is 0.150 e. The van der Waals surface area contributed by atoms with Crippen LogP contribution in [0, 0.1) is 0 Å². The molecule has 0 amide bonds. The fourth-order valence-electron chi connectivity index (χ4n) is 3.18. The molecule has 3 heterocycles. The van der Waals surface area contributed by atoms with Crippen LogP contribution in [0.25, 0.3) is 20.4 Å². The predicted molar refractivity (Wildman–Crippen MR) is 83.8 cm³/mol. The average molecular weight is 304 g/mol. The van der Waals surface area contributed by atoms with Gasteiger partial charge in [-0.3, -0.25) is 0 Å². The molecule has 0 aromatic carbocycles. The number of thiophene rings is 1. The quantitative estimate of drug-likeness (QED) is 0.621. The molecule has 0 saturated carbocycles. The summed E-state index contributed by atoms with van der Waals surface area (Å²) in [7, 11) is 0. The third-order valence-corrected chi connectivity index (χ3v) is 5.49. The zero-order chi connectivity index (χ0) is 13.9. The molecule has 0 unspecified atom stereocenters. The van der Waals surface area contributed by atoms with Gasteiger partial charge in [-0.1, -0.05) is 25.4 Å². The van der Waals surface area contributed by atoms with Crippen LogP contribution in [0.2, 0.25) is 5.15 Å². The summed E-state index contributed by atoms with van der Waals surface area (Å²) in [6.45, 7) is 4.43. The van der Waals surface area contributed by atoms with Crippen LogP contribution in [0.5, 0.6) is 0 Å². The van der Waals surface area contributed by atoms with Crippen LogP contribution in [0.3, 0.4) is 0 Å². The van der Waals surface area contributed by atoms with Gasteiger partial charge in [-0.25, -0.2) is 15.0 Å². The zero-order valence-electron chi connectivity index (χ0n) is 11.4. The van der Waals surface area contributed by atoms with E-state index in [1.54, 1.807) is 17.7 Å². The van der Waals surface area contributed by atoms with Crippen molar-refractivity contribution in [1.29, 1.82) is 0 Å². The first-order valence-corrected chi connectivity index (χ1v) is 8.10. The van der Waals surface area contributed by atoms with Crippen LogP contribution in [-0.2, 0) is 12.8 Å². The van der Waals surface area contributed by atoms with Crippen LogP contribution >= 0.6 is 22.9 Å². The first kappa shape index (κ1) is 12.5. The van der Waals surface area contributed by atoms with Gasteiger partial charge in [0.2, 0.25) is 0 Å². The summed E-state index contributed by atoms with van der Waals surface area (Å²) in [4.78, 5) is 14.5. The largest absolute Gasteiger partial charge is 0.241 e. The lowest BCUT2D eigenvalue weighted by Gasteiger charge is -2.11. The van der Waals surface area contributed by atoms with Crippen molar-refractivity contribution in [3.63, 3.8) is 0 Å². The fourth-order valence-corrected chi connectivity index (χ4v) is 4.47. The predicted octanol–water partition coefficient (Wildman–Crippen LogP) is 4.51. The van der Waals surface area contributed by atoms with Gasteiger partial charge in [0.1, 0.15) is 16.3 Å². The fraction of sp³-hybridized carbons (Fsp3) is 0.400. The van der Waals surface area contributed by atoms with E-state index < -0.39 is 0 Å². The summed E-state index contributed by atoms with van der Waals surface area (Å²) >= 11 is 7.83. The van der Waals surface area contributed by atoms with Crippen LogP contribution in [0.1, 0.15) is 43.0 Å². The van der Waals surface area contributed by atoms with E-state index >= 15 is 0 Å². The maximum absolute atomic E-state index is 6.21. The van der Waals surface area contributed by atoms with Crippen molar-refractivity contribution in [1.82, 2.24) is 15.0 Å². The molecule has 102 valence electrons. The molecule has 0 aliphatic heterocycles. The Morgan fingerprint density at radius 1 is 1.20 bits per heavy atom. The Morgan fingerprint density at radius 2 is 2.00 bits per heavy atom. The summed E-state index contributed by atoms with van der Waals surface area (Å²) < 4.78 is 0.965. The number of nitrogens with zero attached hydrogens (tertiary/aromatic N) is 3. The van der Waals surface area contributed by atoms with Crippen LogP contribution < -0.4 is 0 Å². The number of hydrogen-bond acceptors (Lipinski definition) is 4. The lowest BCUT2D eigenvalue weighted by atomic mass is 9.99. The van der Waals surface area contributed by atoms with E-state index in [9.17, 15) is 0 Å². The van der Waals surface area contributed by atoms with E-state index in [4.69, 9.17) is 16.6 Å². The minimum absolute atomic E-state index is 0.456. The molecule has 3 aromatic rings. The van der Waals surface area contributed by atoms with Gasteiger partial charge >= 0.3 is 0 Å². The molecular formula is C15H14ClN3S. The molecule has 5 heteroatoms. The molecule has 0 atom stereocenters. The van der Waals surface area contributed by atoms with Gasteiger partial charge in [-0.15, -0.1) is 11.3 Å². The number of pyridine rings is 1. The van der Waals surface area contributed by atoms with Crippen molar-refractivity contribution >= 4 is 43.4 Å². The van der Waals surface area contributed by atoms with E-state index in [1.165, 1.54) is 28.6 Å². The smallest absolute Gasteiger partial charge is 0.150 e. The van der Waals surface area contributed by atoms with Gasteiger partial charge in [-0.2, -0.15) is 0 Å². The highest BCUT2D eigenvalue weighted by atomic mass is 35.5. The van der Waals surface area contributed by atoms with Crippen molar-refractivity contribution in [3.8, 4) is 0 Å². The van der Waals surface area contributed by atoms with Gasteiger partial charge in [0.05, 0.1) is 10.2 Å². The number of fused-ring (bicyclic) bond motifs is 5. The topological polar surface area (TPSA) is 38.7 Å². The second-order valence-electron chi connectivity index (χ2n) is 5.59. The Morgan fingerprint density at radius 3 is 2.80 bits per heavy atom. The van der Waals surface area contributed by atoms with Crippen LogP contribution in [-0.4, -0.2) is 15.0 Å². The molecule has 0 N–H and O–H groups in total. The monoisotopic (exact) mass is 303 g/mol. The summed E-state index contributed by atoms with van der Waals surface area (Å²) in [6, 6.07) is 0. The van der Waals surface area contributed by atoms with Crippen molar-refractivity contribution in [2.24, 2.45) is 0 Å². The molecule has 3 nitrogen and oxygen atoms in total. The van der Waals surface area contributed by atoms with Gasteiger partial charge < -0.3 is 0 Å². The molecule has 0 fully saturated rings. The minimum Gasteiger partial charge on any atom is -0.241 e. The molecule has 20 heavy (non-hydrogen) atoms. The van der Waals surface area contributed by atoms with Gasteiger partial charge in [0.15, 0.2) is 0 Å². The highest BCUT2D eigenvalue weighted by Crippen LogP contribution is 2.42. The molecule has 0 saturated heterocycles. The Labute approximate surface area is 126 Å².